The summed E-state index contributed by atoms with van der Waals surface area (Å²) >= 11 is 0.782. The van der Waals surface area contributed by atoms with E-state index < -0.39 is 6.80 Å². The molecular formula is C15H33O3PS. The summed E-state index contributed by atoms with van der Waals surface area (Å²) in [5.41, 5.74) is 0. The Morgan fingerprint density at radius 2 is 1.30 bits per heavy atom. The third-order valence-electron chi connectivity index (χ3n) is 3.74. The zero-order valence-electron chi connectivity index (χ0n) is 13.5. The van der Waals surface area contributed by atoms with Crippen molar-refractivity contribution in [1.82, 2.24) is 0 Å². The summed E-state index contributed by atoms with van der Waals surface area (Å²) in [7, 11) is 0. The lowest BCUT2D eigenvalue weighted by atomic mass is 9.93. The van der Waals surface area contributed by atoms with Crippen molar-refractivity contribution < 1.29 is 14.4 Å². The summed E-state index contributed by atoms with van der Waals surface area (Å²) in [6, 6.07) is 0. The molecule has 0 heterocycles. The van der Waals surface area contributed by atoms with E-state index in [1.165, 1.54) is 38.5 Å². The lowest BCUT2D eigenvalue weighted by molar-refractivity contribution is 0.395. The summed E-state index contributed by atoms with van der Waals surface area (Å²) < 4.78 is 10.7. The van der Waals surface area contributed by atoms with E-state index in [1.54, 1.807) is 0 Å². The molecule has 122 valence electrons. The minimum absolute atomic E-state index is 0.565. The minimum Gasteiger partial charge on any atom is -0.317 e. The Morgan fingerprint density at radius 3 is 1.75 bits per heavy atom. The van der Waals surface area contributed by atoms with E-state index in [4.69, 9.17) is 9.79 Å². The maximum Gasteiger partial charge on any atom is 0.383 e. The molecule has 2 atom stereocenters. The van der Waals surface area contributed by atoms with Crippen molar-refractivity contribution in [2.45, 2.75) is 72.6 Å². The quantitative estimate of drug-likeness (QED) is 0.467. The van der Waals surface area contributed by atoms with Crippen molar-refractivity contribution in [1.29, 1.82) is 0 Å². The van der Waals surface area contributed by atoms with Gasteiger partial charge in [-0.15, -0.1) is 0 Å². The normalized spacial score (nSPS) is 15.6. The highest BCUT2D eigenvalue weighted by Gasteiger charge is 2.14. The van der Waals surface area contributed by atoms with E-state index in [0.717, 1.165) is 29.6 Å². The van der Waals surface area contributed by atoms with Crippen molar-refractivity contribution in [3.05, 3.63) is 0 Å². The molecular weight excluding hydrogens is 291 g/mol. The van der Waals surface area contributed by atoms with E-state index in [1.807, 2.05) is 0 Å². The molecule has 0 amide bonds. The van der Waals surface area contributed by atoms with Crippen LogP contribution in [-0.4, -0.2) is 15.5 Å². The third-order valence-corrected chi connectivity index (χ3v) is 6.05. The monoisotopic (exact) mass is 324 g/mol. The molecule has 5 heteroatoms. The van der Waals surface area contributed by atoms with Crippen LogP contribution in [0.4, 0.5) is 0 Å². The predicted molar refractivity (Wildman–Crippen MR) is 90.0 cm³/mol. The Kier molecular flexibility index (Phi) is 11.4. The van der Waals surface area contributed by atoms with Gasteiger partial charge in [-0.1, -0.05) is 66.2 Å². The lowest BCUT2D eigenvalue weighted by Gasteiger charge is -2.15. The number of hydrogen-bond donors (Lipinski definition) is 2. The summed E-state index contributed by atoms with van der Waals surface area (Å²) in [6.45, 7) is 5.22. The van der Waals surface area contributed by atoms with Gasteiger partial charge in [-0.25, -0.2) is 4.57 Å². The van der Waals surface area contributed by atoms with Gasteiger partial charge in [-0.3, -0.25) is 0 Å². The van der Waals surface area contributed by atoms with Gasteiger partial charge in [0.1, 0.15) is 0 Å². The van der Waals surface area contributed by atoms with Gasteiger partial charge in [-0.2, -0.15) is 0 Å². The SMILES string of the molecule is CC(C)CCCC(C)CCCC(C)CCSP(=O)(O)O. The minimum atomic E-state index is -3.87. The third kappa shape index (κ3) is 14.9. The van der Waals surface area contributed by atoms with E-state index in [-0.39, 0.29) is 0 Å². The molecule has 0 spiro atoms. The molecule has 2 unspecified atom stereocenters. The van der Waals surface area contributed by atoms with Crippen LogP contribution < -0.4 is 0 Å². The van der Waals surface area contributed by atoms with Crippen molar-refractivity contribution in [2.24, 2.45) is 17.8 Å². The Balaban J connectivity index is 3.50. The van der Waals surface area contributed by atoms with Gasteiger partial charge in [0, 0.05) is 5.75 Å². The van der Waals surface area contributed by atoms with Crippen molar-refractivity contribution in [3.63, 3.8) is 0 Å². The molecule has 0 radical (unpaired) electrons. The molecule has 0 fully saturated rings. The van der Waals surface area contributed by atoms with Crippen LogP contribution >= 0.6 is 18.2 Å². The van der Waals surface area contributed by atoms with Crippen molar-refractivity contribution in [3.8, 4) is 0 Å². The van der Waals surface area contributed by atoms with E-state index in [2.05, 4.69) is 27.7 Å². The van der Waals surface area contributed by atoms with Gasteiger partial charge in [0.15, 0.2) is 0 Å². The molecule has 3 nitrogen and oxygen atoms in total. The zero-order valence-corrected chi connectivity index (χ0v) is 15.3. The highest BCUT2D eigenvalue weighted by atomic mass is 32.7. The van der Waals surface area contributed by atoms with E-state index in [0.29, 0.717) is 11.7 Å². The first kappa shape index (κ1) is 20.5. The first-order valence-electron chi connectivity index (χ1n) is 7.90. The Labute approximate surface area is 129 Å². The van der Waals surface area contributed by atoms with Crippen LogP contribution in [0.2, 0.25) is 0 Å². The fraction of sp³-hybridized carbons (Fsp3) is 1.00. The van der Waals surface area contributed by atoms with Gasteiger partial charge < -0.3 is 9.79 Å². The first-order chi connectivity index (χ1) is 9.20. The summed E-state index contributed by atoms with van der Waals surface area (Å²) in [5, 5.41) is 0. The van der Waals surface area contributed by atoms with E-state index in [9.17, 15) is 4.57 Å². The molecule has 0 saturated heterocycles. The molecule has 0 rings (SSSR count). The Bertz CT molecular complexity index is 278. The van der Waals surface area contributed by atoms with Crippen LogP contribution in [0.25, 0.3) is 0 Å². The largest absolute Gasteiger partial charge is 0.383 e. The fourth-order valence-corrected chi connectivity index (χ4v) is 4.13. The van der Waals surface area contributed by atoms with Crippen molar-refractivity contribution in [2.75, 3.05) is 5.75 Å². The topological polar surface area (TPSA) is 57.5 Å². The molecule has 0 bridgehead atoms. The van der Waals surface area contributed by atoms with Crippen LogP contribution in [0.15, 0.2) is 0 Å². The molecule has 0 aliphatic rings. The van der Waals surface area contributed by atoms with Crippen molar-refractivity contribution >= 4 is 18.2 Å². The maximum absolute atomic E-state index is 10.7. The second-order valence-corrected chi connectivity index (χ2v) is 10.4. The summed E-state index contributed by atoms with van der Waals surface area (Å²) in [6.07, 6.45) is 8.61. The summed E-state index contributed by atoms with van der Waals surface area (Å²) in [5.74, 6) is 2.76. The van der Waals surface area contributed by atoms with Gasteiger partial charge in [-0.05, 0) is 35.6 Å². The molecule has 0 aromatic rings. The van der Waals surface area contributed by atoms with Gasteiger partial charge >= 0.3 is 6.80 Å². The lowest BCUT2D eigenvalue weighted by Crippen LogP contribution is -2.00. The van der Waals surface area contributed by atoms with Crippen LogP contribution in [0.3, 0.4) is 0 Å². The number of rotatable bonds is 12. The highest BCUT2D eigenvalue weighted by molar-refractivity contribution is 8.54. The Morgan fingerprint density at radius 1 is 0.850 bits per heavy atom. The highest BCUT2D eigenvalue weighted by Crippen LogP contribution is 2.50. The first-order valence-corrected chi connectivity index (χ1v) is 11.1. The smallest absolute Gasteiger partial charge is 0.317 e. The Hall–Kier alpha value is 0.500. The van der Waals surface area contributed by atoms with Gasteiger partial charge in [0.2, 0.25) is 0 Å². The molecule has 2 N–H and O–H groups in total. The van der Waals surface area contributed by atoms with E-state index >= 15 is 0 Å². The average molecular weight is 324 g/mol. The molecule has 0 aliphatic carbocycles. The second-order valence-electron chi connectivity index (χ2n) is 6.58. The van der Waals surface area contributed by atoms with Gasteiger partial charge in [0.25, 0.3) is 0 Å². The standard InChI is InChI=1S/C15H33O3PS/c1-13(2)7-5-8-14(3)9-6-10-15(4)11-12-20-19(16,17)18/h13-15H,5-12H2,1-4H3,(H2,16,17,18). The fourth-order valence-electron chi connectivity index (χ4n) is 2.35. The van der Waals surface area contributed by atoms with Gasteiger partial charge in [0.05, 0.1) is 0 Å². The predicted octanol–water partition coefficient (Wildman–Crippen LogP) is 5.47. The zero-order chi connectivity index (χ0) is 15.6. The molecule has 20 heavy (non-hydrogen) atoms. The molecule has 0 saturated carbocycles. The second kappa shape index (κ2) is 11.1. The maximum atomic E-state index is 10.7. The van der Waals surface area contributed by atoms with Crippen LogP contribution in [0.5, 0.6) is 0 Å². The molecule has 0 aromatic heterocycles. The molecule has 0 aromatic carbocycles. The molecule has 0 aliphatic heterocycles. The van der Waals surface area contributed by atoms with Crippen LogP contribution in [0, 0.1) is 17.8 Å². The number of hydrogen-bond acceptors (Lipinski definition) is 2. The summed E-state index contributed by atoms with van der Waals surface area (Å²) in [4.78, 5) is 17.5. The van der Waals surface area contributed by atoms with Crippen LogP contribution in [0.1, 0.15) is 72.6 Å². The average Bonchev–Trinajstić information content (AvgIpc) is 2.26. The van der Waals surface area contributed by atoms with Crippen LogP contribution in [-0.2, 0) is 4.57 Å².